The first kappa shape index (κ1) is 25.2. The van der Waals surface area contributed by atoms with Crippen molar-refractivity contribution in [3.8, 4) is 0 Å². The predicted octanol–water partition coefficient (Wildman–Crippen LogP) is 7.03. The quantitative estimate of drug-likeness (QED) is 0.329. The van der Waals surface area contributed by atoms with E-state index in [0.717, 1.165) is 43.2 Å². The Morgan fingerprint density at radius 1 is 1.06 bits per heavy atom. The minimum atomic E-state index is -0.595. The molecule has 2 aromatic carbocycles. The summed E-state index contributed by atoms with van der Waals surface area (Å²) in [5, 5.41) is 1.28. The molecule has 0 bridgehead atoms. The normalized spacial score (nSPS) is 17.2. The standard InChI is InChI=1S/C27H22Cl3F2N3O/c28-19-13-21(29)25-23(14-19)35(26(36)18-5-8-33-24(30)12-18)16-27(25)6-10-34(11-7-27)9-1-2-17-3-4-20(31)15-22(17)32/h1-5,8,12-15H,6-7,9-11,16H2/b2-1+. The van der Waals surface area contributed by atoms with Gasteiger partial charge in [0.2, 0.25) is 0 Å². The van der Waals surface area contributed by atoms with Crippen LogP contribution in [-0.2, 0) is 5.41 Å². The summed E-state index contributed by atoms with van der Waals surface area (Å²) < 4.78 is 27.0. The van der Waals surface area contributed by atoms with Crippen molar-refractivity contribution < 1.29 is 13.6 Å². The van der Waals surface area contributed by atoms with Crippen molar-refractivity contribution >= 4 is 52.5 Å². The molecule has 0 N–H and O–H groups in total. The van der Waals surface area contributed by atoms with Gasteiger partial charge in [-0.05, 0) is 62.3 Å². The van der Waals surface area contributed by atoms with Gasteiger partial charge >= 0.3 is 0 Å². The number of nitrogens with zero attached hydrogens (tertiary/aromatic N) is 3. The zero-order valence-corrected chi connectivity index (χ0v) is 21.4. The van der Waals surface area contributed by atoms with Gasteiger partial charge in [-0.1, -0.05) is 47.0 Å². The summed E-state index contributed by atoms with van der Waals surface area (Å²) >= 11 is 19.1. The summed E-state index contributed by atoms with van der Waals surface area (Å²) in [5.74, 6) is -1.36. The van der Waals surface area contributed by atoms with E-state index in [2.05, 4.69) is 9.88 Å². The summed E-state index contributed by atoms with van der Waals surface area (Å²) in [5.41, 5.74) is 2.18. The summed E-state index contributed by atoms with van der Waals surface area (Å²) in [6.07, 6.45) is 6.65. The first-order chi connectivity index (χ1) is 17.3. The number of carbonyl (C=O) groups is 1. The minimum absolute atomic E-state index is 0.178. The molecule has 9 heteroatoms. The molecule has 0 atom stereocenters. The van der Waals surface area contributed by atoms with Crippen LogP contribution in [0.5, 0.6) is 0 Å². The van der Waals surface area contributed by atoms with E-state index in [0.29, 0.717) is 34.3 Å². The lowest BCUT2D eigenvalue weighted by atomic mass is 9.74. The van der Waals surface area contributed by atoms with E-state index in [1.807, 2.05) is 6.08 Å². The van der Waals surface area contributed by atoms with Crippen LogP contribution in [0, 0.1) is 11.6 Å². The lowest BCUT2D eigenvalue weighted by molar-refractivity contribution is 0.0977. The van der Waals surface area contributed by atoms with Crippen molar-refractivity contribution in [2.75, 3.05) is 31.1 Å². The van der Waals surface area contributed by atoms with Crippen LogP contribution in [-0.4, -0.2) is 42.0 Å². The highest BCUT2D eigenvalue weighted by atomic mass is 35.5. The Kier molecular flexibility index (Phi) is 7.05. The molecule has 1 fully saturated rings. The van der Waals surface area contributed by atoms with Crippen LogP contribution in [0.15, 0.2) is 54.7 Å². The smallest absolute Gasteiger partial charge is 0.258 e. The molecule has 4 nitrogen and oxygen atoms in total. The van der Waals surface area contributed by atoms with Crippen LogP contribution in [0.4, 0.5) is 14.5 Å². The molecular weight excluding hydrogens is 527 g/mol. The van der Waals surface area contributed by atoms with Crippen LogP contribution in [0.2, 0.25) is 15.2 Å². The highest BCUT2D eigenvalue weighted by Crippen LogP contribution is 2.51. The number of likely N-dealkylation sites (tertiary alicyclic amines) is 1. The fourth-order valence-electron chi connectivity index (χ4n) is 5.17. The number of halogens is 5. The summed E-state index contributed by atoms with van der Waals surface area (Å²) in [7, 11) is 0. The second kappa shape index (κ2) is 10.1. The van der Waals surface area contributed by atoms with Crippen LogP contribution in [0.1, 0.15) is 34.3 Å². The maximum absolute atomic E-state index is 13.9. The number of rotatable bonds is 4. The number of anilines is 1. The Hall–Kier alpha value is -2.51. The Morgan fingerprint density at radius 3 is 2.56 bits per heavy atom. The number of carbonyl (C=O) groups excluding carboxylic acids is 1. The lowest BCUT2D eigenvalue weighted by Gasteiger charge is -2.39. The molecule has 1 saturated heterocycles. The maximum Gasteiger partial charge on any atom is 0.258 e. The van der Waals surface area contributed by atoms with E-state index in [-0.39, 0.29) is 16.5 Å². The molecule has 0 radical (unpaired) electrons. The van der Waals surface area contributed by atoms with Gasteiger partial charge in [0.25, 0.3) is 5.91 Å². The molecule has 1 spiro atoms. The Bertz CT molecular complexity index is 1360. The number of piperidine rings is 1. The molecule has 0 aliphatic carbocycles. The third-order valence-electron chi connectivity index (χ3n) is 6.97. The number of hydrogen-bond donors (Lipinski definition) is 0. The fourth-order valence-corrected chi connectivity index (χ4v) is 6.03. The predicted molar refractivity (Wildman–Crippen MR) is 140 cm³/mol. The van der Waals surface area contributed by atoms with Gasteiger partial charge in [-0.2, -0.15) is 0 Å². The second-order valence-electron chi connectivity index (χ2n) is 9.19. The molecule has 0 saturated carbocycles. The number of pyridine rings is 1. The number of hydrogen-bond acceptors (Lipinski definition) is 3. The highest BCUT2D eigenvalue weighted by Gasteiger charge is 2.48. The average molecular weight is 549 g/mol. The van der Waals surface area contributed by atoms with Crippen molar-refractivity contribution in [2.45, 2.75) is 18.3 Å². The zero-order valence-electron chi connectivity index (χ0n) is 19.2. The van der Waals surface area contributed by atoms with Crippen LogP contribution >= 0.6 is 34.8 Å². The third-order valence-corrected chi connectivity index (χ3v) is 7.69. The van der Waals surface area contributed by atoms with E-state index in [9.17, 15) is 13.6 Å². The van der Waals surface area contributed by atoms with Crippen molar-refractivity contribution in [3.05, 3.63) is 98.3 Å². The second-order valence-corrected chi connectivity index (χ2v) is 10.4. The number of aromatic nitrogens is 1. The molecule has 1 amide bonds. The summed E-state index contributed by atoms with van der Waals surface area (Å²) in [6.45, 7) is 2.67. The van der Waals surface area contributed by atoms with Crippen molar-refractivity contribution in [2.24, 2.45) is 0 Å². The topological polar surface area (TPSA) is 36.4 Å². The minimum Gasteiger partial charge on any atom is -0.307 e. The van der Waals surface area contributed by atoms with Gasteiger partial charge in [0.15, 0.2) is 0 Å². The summed E-state index contributed by atoms with van der Waals surface area (Å²) in [6, 6.07) is 10.3. The summed E-state index contributed by atoms with van der Waals surface area (Å²) in [4.78, 5) is 21.5. The van der Waals surface area contributed by atoms with Crippen molar-refractivity contribution in [3.63, 3.8) is 0 Å². The van der Waals surface area contributed by atoms with Crippen LogP contribution < -0.4 is 4.90 Å². The monoisotopic (exact) mass is 547 g/mol. The first-order valence-electron chi connectivity index (χ1n) is 11.5. The molecular formula is C27H22Cl3F2N3O. The van der Waals surface area contributed by atoms with E-state index >= 15 is 0 Å². The molecule has 0 unspecified atom stereocenters. The third kappa shape index (κ3) is 4.88. The van der Waals surface area contributed by atoms with Crippen molar-refractivity contribution in [1.82, 2.24) is 9.88 Å². The van der Waals surface area contributed by atoms with Crippen LogP contribution in [0.25, 0.3) is 6.08 Å². The molecule has 36 heavy (non-hydrogen) atoms. The van der Waals surface area contributed by atoms with Gasteiger partial charge in [-0.3, -0.25) is 9.69 Å². The van der Waals surface area contributed by atoms with E-state index in [4.69, 9.17) is 34.8 Å². The first-order valence-corrected chi connectivity index (χ1v) is 12.7. The highest BCUT2D eigenvalue weighted by molar-refractivity contribution is 6.36. The van der Waals surface area contributed by atoms with Gasteiger partial charge in [0.05, 0.1) is 5.69 Å². The number of benzene rings is 2. The zero-order chi connectivity index (χ0) is 25.4. The van der Waals surface area contributed by atoms with E-state index in [1.165, 1.54) is 18.3 Å². The molecule has 2 aliphatic rings. The van der Waals surface area contributed by atoms with Gasteiger partial charge in [0, 0.05) is 57.5 Å². The number of amides is 1. The Morgan fingerprint density at radius 2 is 1.83 bits per heavy atom. The van der Waals surface area contributed by atoms with Gasteiger partial charge in [-0.25, -0.2) is 13.8 Å². The van der Waals surface area contributed by atoms with E-state index < -0.39 is 11.6 Å². The van der Waals surface area contributed by atoms with Crippen molar-refractivity contribution in [1.29, 1.82) is 0 Å². The SMILES string of the molecule is O=C(c1ccnc(Cl)c1)N1CC2(CCN(C/C=C/c3ccc(F)cc3F)CC2)c2c(Cl)cc(Cl)cc21. The Balaban J connectivity index is 1.35. The fraction of sp³-hybridized carbons (Fsp3) is 0.259. The largest absolute Gasteiger partial charge is 0.307 e. The van der Waals surface area contributed by atoms with Gasteiger partial charge in [-0.15, -0.1) is 0 Å². The van der Waals surface area contributed by atoms with Gasteiger partial charge < -0.3 is 4.90 Å². The Labute approximate surface area is 223 Å². The van der Waals surface area contributed by atoms with Gasteiger partial charge in [0.1, 0.15) is 16.8 Å². The van der Waals surface area contributed by atoms with E-state index in [1.54, 1.807) is 35.2 Å². The molecule has 3 aromatic rings. The molecule has 5 rings (SSSR count). The number of fused-ring (bicyclic) bond motifs is 2. The molecule has 186 valence electrons. The lowest BCUT2D eigenvalue weighted by Crippen LogP contribution is -2.46. The molecule has 2 aliphatic heterocycles. The average Bonchev–Trinajstić information content (AvgIpc) is 3.15. The molecule has 1 aromatic heterocycles. The van der Waals surface area contributed by atoms with Crippen LogP contribution in [0.3, 0.4) is 0 Å². The maximum atomic E-state index is 13.9. The molecule has 3 heterocycles.